The molecule has 0 fully saturated rings. The number of hydrogen-bond acceptors (Lipinski definition) is 3. The van der Waals surface area contributed by atoms with Gasteiger partial charge in [-0.1, -0.05) is 49.9 Å². The highest BCUT2D eigenvalue weighted by Gasteiger charge is 2.12. The van der Waals surface area contributed by atoms with Crippen LogP contribution in [0.15, 0.2) is 46.3 Å². The highest BCUT2D eigenvalue weighted by atomic mass is 32.2. The lowest BCUT2D eigenvalue weighted by Gasteiger charge is -2.13. The summed E-state index contributed by atoms with van der Waals surface area (Å²) in [5.41, 5.74) is 0.836. The van der Waals surface area contributed by atoms with Crippen LogP contribution in [0.4, 0.5) is 0 Å². The van der Waals surface area contributed by atoms with Crippen molar-refractivity contribution in [3.63, 3.8) is 0 Å². The summed E-state index contributed by atoms with van der Waals surface area (Å²) in [6.45, 7) is 6.85. The predicted molar refractivity (Wildman–Crippen MR) is 90.2 cm³/mol. The van der Waals surface area contributed by atoms with E-state index in [1.165, 1.54) is 0 Å². The second-order valence-electron chi connectivity index (χ2n) is 5.33. The van der Waals surface area contributed by atoms with Crippen LogP contribution in [0.5, 0.6) is 0 Å². The molecule has 0 saturated carbocycles. The van der Waals surface area contributed by atoms with Gasteiger partial charge in [0.15, 0.2) is 5.16 Å². The lowest BCUT2D eigenvalue weighted by Crippen LogP contribution is -2.22. The molecular formula is C17H18N2OS. The Morgan fingerprint density at radius 1 is 1.19 bits per heavy atom. The minimum Gasteiger partial charge on any atom is -0.287 e. The van der Waals surface area contributed by atoms with Gasteiger partial charge in [-0.15, -0.1) is 0 Å². The zero-order valence-electron chi connectivity index (χ0n) is 12.5. The van der Waals surface area contributed by atoms with Gasteiger partial charge in [0.1, 0.15) is 0 Å². The molecule has 0 aliphatic heterocycles. The topological polar surface area (TPSA) is 34.9 Å². The molecule has 0 unspecified atom stereocenters. The van der Waals surface area contributed by atoms with Crippen LogP contribution in [0.1, 0.15) is 20.8 Å². The van der Waals surface area contributed by atoms with Crippen molar-refractivity contribution >= 4 is 33.4 Å². The van der Waals surface area contributed by atoms with Gasteiger partial charge < -0.3 is 0 Å². The maximum Gasteiger partial charge on any atom is 0.262 e. The van der Waals surface area contributed by atoms with E-state index in [1.807, 2.05) is 37.3 Å². The van der Waals surface area contributed by atoms with Crippen LogP contribution in [0.3, 0.4) is 0 Å². The highest BCUT2D eigenvalue weighted by Crippen LogP contribution is 2.24. The molecule has 0 amide bonds. The van der Waals surface area contributed by atoms with Gasteiger partial charge in [0.05, 0.1) is 10.9 Å². The number of nitrogens with zero attached hydrogens (tertiary/aromatic N) is 2. The Labute approximate surface area is 128 Å². The van der Waals surface area contributed by atoms with E-state index in [2.05, 4.69) is 19.9 Å². The van der Waals surface area contributed by atoms with Crippen molar-refractivity contribution in [2.45, 2.75) is 37.7 Å². The first-order valence-electron chi connectivity index (χ1n) is 7.20. The Bertz CT molecular complexity index is 868. The Morgan fingerprint density at radius 3 is 2.48 bits per heavy atom. The first kappa shape index (κ1) is 14.1. The summed E-state index contributed by atoms with van der Waals surface area (Å²) in [5, 5.41) is 4.10. The molecule has 108 valence electrons. The first-order valence-corrected chi connectivity index (χ1v) is 8.08. The molecule has 3 nitrogen and oxygen atoms in total. The summed E-state index contributed by atoms with van der Waals surface area (Å²) in [6.07, 6.45) is 0. The van der Waals surface area contributed by atoms with E-state index in [0.717, 1.165) is 21.4 Å². The van der Waals surface area contributed by atoms with E-state index < -0.39 is 0 Å². The number of thioether (sulfide) groups is 1. The molecule has 0 atom stereocenters. The van der Waals surface area contributed by atoms with Crippen LogP contribution in [-0.4, -0.2) is 14.8 Å². The Hall–Kier alpha value is -1.81. The molecule has 3 aromatic rings. The van der Waals surface area contributed by atoms with Crippen LogP contribution < -0.4 is 5.56 Å². The average Bonchev–Trinajstić information content (AvgIpc) is 2.45. The van der Waals surface area contributed by atoms with Gasteiger partial charge in [-0.25, -0.2) is 4.98 Å². The molecule has 1 aromatic heterocycles. The van der Waals surface area contributed by atoms with Gasteiger partial charge in [-0.3, -0.25) is 9.36 Å². The maximum atomic E-state index is 12.7. The molecule has 0 spiro atoms. The number of aromatic nitrogens is 2. The minimum atomic E-state index is 0.0522. The molecule has 0 N–H and O–H groups in total. The summed E-state index contributed by atoms with van der Waals surface area (Å²) in [7, 11) is 0. The molecule has 21 heavy (non-hydrogen) atoms. The largest absolute Gasteiger partial charge is 0.287 e. The van der Waals surface area contributed by atoms with E-state index >= 15 is 0 Å². The van der Waals surface area contributed by atoms with Crippen molar-refractivity contribution < 1.29 is 0 Å². The Kier molecular flexibility index (Phi) is 3.72. The van der Waals surface area contributed by atoms with E-state index in [9.17, 15) is 4.79 Å². The minimum absolute atomic E-state index is 0.0522. The van der Waals surface area contributed by atoms with Gasteiger partial charge in [0, 0.05) is 11.8 Å². The van der Waals surface area contributed by atoms with Crippen LogP contribution in [0.2, 0.25) is 0 Å². The van der Waals surface area contributed by atoms with Gasteiger partial charge >= 0.3 is 0 Å². The number of fused-ring (bicyclic) bond motifs is 2. The highest BCUT2D eigenvalue weighted by molar-refractivity contribution is 7.99. The monoisotopic (exact) mass is 298 g/mol. The summed E-state index contributed by atoms with van der Waals surface area (Å²) in [6, 6.07) is 12.0. The van der Waals surface area contributed by atoms with Gasteiger partial charge in [0.25, 0.3) is 5.56 Å². The fraction of sp³-hybridized carbons (Fsp3) is 0.294. The van der Waals surface area contributed by atoms with Gasteiger partial charge in [-0.2, -0.15) is 0 Å². The molecular weight excluding hydrogens is 280 g/mol. The molecule has 1 heterocycles. The summed E-state index contributed by atoms with van der Waals surface area (Å²) in [4.78, 5) is 17.4. The number of benzene rings is 2. The van der Waals surface area contributed by atoms with Crippen molar-refractivity contribution in [2.75, 3.05) is 0 Å². The third-order valence-corrected chi connectivity index (χ3v) is 4.44. The number of rotatable bonds is 3. The Balaban J connectivity index is 2.36. The molecule has 0 bridgehead atoms. The first-order chi connectivity index (χ1) is 10.1. The molecule has 2 aromatic carbocycles. The predicted octanol–water partition coefficient (Wildman–Crippen LogP) is 4.07. The molecule has 3 rings (SSSR count). The normalized spacial score (nSPS) is 11.6. The van der Waals surface area contributed by atoms with E-state index in [1.54, 1.807) is 16.3 Å². The zero-order valence-corrected chi connectivity index (χ0v) is 13.3. The lowest BCUT2D eigenvalue weighted by molar-refractivity contribution is 0.633. The van der Waals surface area contributed by atoms with Crippen LogP contribution >= 0.6 is 11.8 Å². The second kappa shape index (κ2) is 5.53. The van der Waals surface area contributed by atoms with E-state index in [4.69, 9.17) is 4.98 Å². The maximum absolute atomic E-state index is 12.7. The quantitative estimate of drug-likeness (QED) is 0.415. The number of hydrogen-bond donors (Lipinski definition) is 0. The SMILES string of the molecule is CCn1c(SC(C)C)nc2cc3ccccc3cc2c1=O. The molecule has 0 aliphatic rings. The fourth-order valence-corrected chi connectivity index (χ4v) is 3.38. The fourth-order valence-electron chi connectivity index (χ4n) is 2.47. The van der Waals surface area contributed by atoms with Crippen molar-refractivity contribution in [1.29, 1.82) is 0 Å². The van der Waals surface area contributed by atoms with Crippen LogP contribution in [0.25, 0.3) is 21.7 Å². The summed E-state index contributed by atoms with van der Waals surface area (Å²) in [5.74, 6) is 0. The van der Waals surface area contributed by atoms with Gasteiger partial charge in [0.2, 0.25) is 0 Å². The average molecular weight is 298 g/mol. The van der Waals surface area contributed by atoms with Crippen molar-refractivity contribution in [2.24, 2.45) is 0 Å². The smallest absolute Gasteiger partial charge is 0.262 e. The van der Waals surface area contributed by atoms with Crippen LogP contribution in [-0.2, 0) is 6.54 Å². The van der Waals surface area contributed by atoms with Crippen molar-refractivity contribution in [3.8, 4) is 0 Å². The van der Waals surface area contributed by atoms with Crippen molar-refractivity contribution in [1.82, 2.24) is 9.55 Å². The third-order valence-electron chi connectivity index (χ3n) is 3.44. The van der Waals surface area contributed by atoms with Crippen molar-refractivity contribution in [3.05, 3.63) is 46.8 Å². The third kappa shape index (κ3) is 2.56. The molecule has 4 heteroatoms. The van der Waals surface area contributed by atoms with Gasteiger partial charge in [-0.05, 0) is 29.8 Å². The second-order valence-corrected chi connectivity index (χ2v) is 6.87. The van der Waals surface area contributed by atoms with E-state index in [-0.39, 0.29) is 5.56 Å². The Morgan fingerprint density at radius 2 is 1.86 bits per heavy atom. The van der Waals surface area contributed by atoms with Crippen LogP contribution in [0, 0.1) is 0 Å². The molecule has 0 radical (unpaired) electrons. The zero-order chi connectivity index (χ0) is 15.0. The lowest BCUT2D eigenvalue weighted by atomic mass is 10.1. The summed E-state index contributed by atoms with van der Waals surface area (Å²) < 4.78 is 1.77. The molecule has 0 aliphatic carbocycles. The standard InChI is InChI=1S/C17H18N2OS/c1-4-19-16(20)14-9-12-7-5-6-8-13(12)10-15(14)18-17(19)21-11(2)3/h5-11H,4H2,1-3H3. The molecule has 0 saturated heterocycles. The summed E-state index contributed by atoms with van der Waals surface area (Å²) >= 11 is 1.64. The van der Waals surface area contributed by atoms with E-state index in [0.29, 0.717) is 17.2 Å².